The number of fused-ring (bicyclic) bond motifs is 1. The molecule has 1 aromatic carbocycles. The number of nitrogens with zero attached hydrogens (tertiary/aromatic N) is 1. The summed E-state index contributed by atoms with van der Waals surface area (Å²) in [6, 6.07) is 7.50. The summed E-state index contributed by atoms with van der Waals surface area (Å²) in [4.78, 5) is 11.7. The van der Waals surface area contributed by atoms with Crippen LogP contribution in [0.25, 0.3) is 11.0 Å². The van der Waals surface area contributed by atoms with E-state index in [4.69, 9.17) is 9.63 Å². The molecule has 0 fully saturated rings. The van der Waals surface area contributed by atoms with Crippen molar-refractivity contribution in [2.24, 2.45) is 0 Å². The van der Waals surface area contributed by atoms with Crippen LogP contribution in [0.2, 0.25) is 0 Å². The van der Waals surface area contributed by atoms with Gasteiger partial charge in [-0.1, -0.05) is 17.3 Å². The Morgan fingerprint density at radius 3 is 2.95 bits per heavy atom. The van der Waals surface area contributed by atoms with Crippen molar-refractivity contribution in [1.82, 2.24) is 10.5 Å². The molecule has 19 heavy (non-hydrogen) atoms. The smallest absolute Gasteiger partial charge is 0.226 e. The highest BCUT2D eigenvalue weighted by atomic mass is 16.5. The Hall–Kier alpha value is -1.88. The molecule has 0 spiro atoms. The van der Waals surface area contributed by atoms with Crippen LogP contribution in [0.15, 0.2) is 28.8 Å². The fourth-order valence-electron chi connectivity index (χ4n) is 1.92. The minimum Gasteiger partial charge on any atom is -0.396 e. The van der Waals surface area contributed by atoms with Crippen molar-refractivity contribution in [1.29, 1.82) is 0 Å². The maximum absolute atomic E-state index is 11.7. The Morgan fingerprint density at radius 2 is 2.11 bits per heavy atom. The highest BCUT2D eigenvalue weighted by molar-refractivity contribution is 5.86. The van der Waals surface area contributed by atoms with Crippen LogP contribution in [0.1, 0.15) is 25.0 Å². The maximum Gasteiger partial charge on any atom is 0.226 e. The third kappa shape index (κ3) is 3.79. The molecule has 5 nitrogen and oxygen atoms in total. The van der Waals surface area contributed by atoms with Gasteiger partial charge >= 0.3 is 0 Å². The minimum atomic E-state index is -0.0527. The molecule has 1 amide bonds. The molecule has 2 aromatic rings. The van der Waals surface area contributed by atoms with Crippen molar-refractivity contribution in [3.05, 3.63) is 30.0 Å². The summed E-state index contributed by atoms with van der Waals surface area (Å²) in [7, 11) is 0. The van der Waals surface area contributed by atoms with Gasteiger partial charge in [0.1, 0.15) is 5.69 Å². The van der Waals surface area contributed by atoms with Crippen molar-refractivity contribution in [2.45, 2.75) is 25.7 Å². The number of rotatable bonds is 7. The van der Waals surface area contributed by atoms with Gasteiger partial charge in [-0.3, -0.25) is 4.79 Å². The van der Waals surface area contributed by atoms with Crippen LogP contribution in [0.4, 0.5) is 0 Å². The first kappa shape index (κ1) is 13.5. The molecule has 0 saturated carbocycles. The van der Waals surface area contributed by atoms with Crippen molar-refractivity contribution < 1.29 is 14.4 Å². The summed E-state index contributed by atoms with van der Waals surface area (Å²) in [5.41, 5.74) is 1.37. The molecule has 0 bridgehead atoms. The summed E-state index contributed by atoms with van der Waals surface area (Å²) >= 11 is 0. The lowest BCUT2D eigenvalue weighted by atomic mass is 10.1. The first-order valence-corrected chi connectivity index (χ1v) is 6.52. The number of hydrogen-bond donors (Lipinski definition) is 2. The van der Waals surface area contributed by atoms with Gasteiger partial charge in [0.2, 0.25) is 5.91 Å². The summed E-state index contributed by atoms with van der Waals surface area (Å²) < 4.78 is 5.15. The third-order valence-electron chi connectivity index (χ3n) is 2.94. The second-order valence-electron chi connectivity index (χ2n) is 4.44. The Kier molecular flexibility index (Phi) is 4.92. The predicted molar refractivity (Wildman–Crippen MR) is 71.7 cm³/mol. The zero-order chi connectivity index (χ0) is 13.5. The second-order valence-corrected chi connectivity index (χ2v) is 4.44. The van der Waals surface area contributed by atoms with E-state index in [2.05, 4.69) is 10.5 Å². The van der Waals surface area contributed by atoms with E-state index in [1.165, 1.54) is 0 Å². The molecular formula is C14H18N2O3. The van der Waals surface area contributed by atoms with Gasteiger partial charge in [0, 0.05) is 18.5 Å². The molecule has 0 unspecified atom stereocenters. The Morgan fingerprint density at radius 1 is 1.26 bits per heavy atom. The number of aliphatic hydroxyl groups excluding tert-OH is 1. The topological polar surface area (TPSA) is 75.4 Å². The molecule has 2 N–H and O–H groups in total. The summed E-state index contributed by atoms with van der Waals surface area (Å²) in [6.45, 7) is 0.841. The molecule has 0 radical (unpaired) electrons. The number of carbonyl (C=O) groups is 1. The van der Waals surface area contributed by atoms with Crippen molar-refractivity contribution in [3.8, 4) is 0 Å². The molecule has 102 valence electrons. The van der Waals surface area contributed by atoms with Crippen LogP contribution in [0.5, 0.6) is 0 Å². The van der Waals surface area contributed by atoms with Crippen molar-refractivity contribution in [2.75, 3.05) is 13.2 Å². The molecule has 0 aliphatic heterocycles. The van der Waals surface area contributed by atoms with E-state index in [1.807, 2.05) is 24.3 Å². The predicted octanol–water partition coefficient (Wildman–Crippen LogP) is 1.65. The van der Waals surface area contributed by atoms with Crippen LogP contribution in [0, 0.1) is 0 Å². The molecule has 0 aliphatic carbocycles. The molecule has 5 heteroatoms. The first-order valence-electron chi connectivity index (χ1n) is 6.52. The van der Waals surface area contributed by atoms with E-state index in [0.717, 1.165) is 24.6 Å². The Bertz CT molecular complexity index is 536. The van der Waals surface area contributed by atoms with Crippen molar-refractivity contribution in [3.63, 3.8) is 0 Å². The lowest BCUT2D eigenvalue weighted by molar-refractivity contribution is -0.120. The van der Waals surface area contributed by atoms with Gasteiger partial charge in [0.25, 0.3) is 0 Å². The third-order valence-corrected chi connectivity index (χ3v) is 2.94. The lowest BCUT2D eigenvalue weighted by Crippen LogP contribution is -2.26. The number of para-hydroxylation sites is 1. The van der Waals surface area contributed by atoms with Crippen LogP contribution in [-0.4, -0.2) is 29.3 Å². The Balaban J connectivity index is 1.82. The van der Waals surface area contributed by atoms with E-state index in [9.17, 15) is 4.79 Å². The van der Waals surface area contributed by atoms with Gasteiger partial charge in [-0.15, -0.1) is 0 Å². The number of aliphatic hydroxyl groups is 1. The Labute approximate surface area is 111 Å². The van der Waals surface area contributed by atoms with Crippen LogP contribution in [0.3, 0.4) is 0 Å². The first-order chi connectivity index (χ1) is 9.31. The monoisotopic (exact) mass is 262 g/mol. The number of unbranched alkanes of at least 4 members (excludes halogenated alkanes) is 2. The molecule has 0 atom stereocenters. The average molecular weight is 262 g/mol. The number of amides is 1. The van der Waals surface area contributed by atoms with Gasteiger partial charge in [-0.05, 0) is 31.4 Å². The summed E-state index contributed by atoms with van der Waals surface area (Å²) in [5.74, 6) is -0.0527. The number of aromatic nitrogens is 1. The standard InChI is InChI=1S/C14H18N2O3/c17-9-5-1-4-8-15-14(18)10-12-11-6-2-3-7-13(11)19-16-12/h2-3,6-7,17H,1,4-5,8-10H2,(H,15,18). The number of nitrogens with one attached hydrogen (secondary N) is 1. The molecule has 2 rings (SSSR count). The largest absolute Gasteiger partial charge is 0.396 e. The molecule has 1 heterocycles. The highest BCUT2D eigenvalue weighted by Crippen LogP contribution is 2.17. The average Bonchev–Trinajstić information content (AvgIpc) is 2.82. The lowest BCUT2D eigenvalue weighted by Gasteiger charge is -2.03. The number of hydrogen-bond acceptors (Lipinski definition) is 4. The van der Waals surface area contributed by atoms with Gasteiger partial charge in [-0.25, -0.2) is 0 Å². The van der Waals surface area contributed by atoms with Gasteiger partial charge < -0.3 is 14.9 Å². The highest BCUT2D eigenvalue weighted by Gasteiger charge is 2.11. The molecule has 0 saturated heterocycles. The van der Waals surface area contributed by atoms with Gasteiger partial charge in [0.05, 0.1) is 6.42 Å². The fourth-order valence-corrected chi connectivity index (χ4v) is 1.92. The van der Waals surface area contributed by atoms with Crippen LogP contribution >= 0.6 is 0 Å². The zero-order valence-electron chi connectivity index (χ0n) is 10.8. The van der Waals surface area contributed by atoms with E-state index in [-0.39, 0.29) is 18.9 Å². The summed E-state index contributed by atoms with van der Waals surface area (Å²) in [5, 5.41) is 16.3. The second kappa shape index (κ2) is 6.89. The zero-order valence-corrected chi connectivity index (χ0v) is 10.8. The number of carbonyl (C=O) groups excluding carboxylic acids is 1. The SMILES string of the molecule is O=C(Cc1noc2ccccc12)NCCCCCO. The van der Waals surface area contributed by atoms with E-state index in [0.29, 0.717) is 17.8 Å². The van der Waals surface area contributed by atoms with Crippen molar-refractivity contribution >= 4 is 16.9 Å². The summed E-state index contributed by atoms with van der Waals surface area (Å²) in [6.07, 6.45) is 2.82. The normalized spacial score (nSPS) is 10.8. The molecule has 0 aliphatic rings. The van der Waals surface area contributed by atoms with Crippen LogP contribution in [-0.2, 0) is 11.2 Å². The van der Waals surface area contributed by atoms with E-state index in [1.54, 1.807) is 0 Å². The minimum absolute atomic E-state index is 0.0527. The van der Waals surface area contributed by atoms with Crippen LogP contribution < -0.4 is 5.32 Å². The molecular weight excluding hydrogens is 244 g/mol. The number of benzene rings is 1. The van der Waals surface area contributed by atoms with Gasteiger partial charge in [-0.2, -0.15) is 0 Å². The van der Waals surface area contributed by atoms with E-state index < -0.39 is 0 Å². The molecule has 1 aromatic heterocycles. The maximum atomic E-state index is 11.7. The van der Waals surface area contributed by atoms with Gasteiger partial charge in [0.15, 0.2) is 5.58 Å². The van der Waals surface area contributed by atoms with E-state index >= 15 is 0 Å². The fraction of sp³-hybridized carbons (Fsp3) is 0.429. The quantitative estimate of drug-likeness (QED) is 0.744.